The molecule has 0 bridgehead atoms. The maximum absolute atomic E-state index is 11.6. The van der Waals surface area contributed by atoms with Gasteiger partial charge >= 0.3 is 0 Å². The van der Waals surface area contributed by atoms with E-state index in [1.807, 2.05) is 0 Å². The molecule has 0 aromatic carbocycles. The van der Waals surface area contributed by atoms with Crippen LogP contribution in [0, 0.1) is 5.92 Å². The van der Waals surface area contributed by atoms with Crippen molar-refractivity contribution in [1.29, 1.82) is 0 Å². The summed E-state index contributed by atoms with van der Waals surface area (Å²) in [5.74, 6) is 0.768. The van der Waals surface area contributed by atoms with E-state index in [1.165, 1.54) is 32.4 Å². The van der Waals surface area contributed by atoms with E-state index in [0.717, 1.165) is 31.3 Å². The standard InChI is InChI=1S/C14H27BrN2O/c1-13(12-17-9-5-2-6-10-17)11-16-14(18)7-3-4-8-15/h13H,2-12H2,1H3,(H,16,18). The third-order valence-corrected chi connectivity index (χ3v) is 4.01. The summed E-state index contributed by atoms with van der Waals surface area (Å²) in [5.41, 5.74) is 0. The first-order valence-electron chi connectivity index (χ1n) is 7.27. The number of piperidine rings is 1. The third kappa shape index (κ3) is 7.37. The minimum Gasteiger partial charge on any atom is -0.356 e. The summed E-state index contributed by atoms with van der Waals surface area (Å²) in [7, 11) is 0. The highest BCUT2D eigenvalue weighted by atomic mass is 79.9. The fourth-order valence-electron chi connectivity index (χ4n) is 2.40. The summed E-state index contributed by atoms with van der Waals surface area (Å²) in [6.45, 7) is 6.66. The number of rotatable bonds is 8. The van der Waals surface area contributed by atoms with E-state index in [9.17, 15) is 4.79 Å². The average molecular weight is 319 g/mol. The number of nitrogens with zero attached hydrogens (tertiary/aromatic N) is 1. The number of likely N-dealkylation sites (tertiary alicyclic amines) is 1. The topological polar surface area (TPSA) is 32.3 Å². The van der Waals surface area contributed by atoms with Gasteiger partial charge in [-0.2, -0.15) is 0 Å². The van der Waals surface area contributed by atoms with Crippen molar-refractivity contribution in [2.75, 3.05) is 31.5 Å². The Balaban J connectivity index is 2.04. The molecule has 1 aliphatic heterocycles. The molecule has 0 radical (unpaired) electrons. The molecule has 0 aromatic heterocycles. The van der Waals surface area contributed by atoms with Crippen LogP contribution < -0.4 is 5.32 Å². The quantitative estimate of drug-likeness (QED) is 0.551. The Kier molecular flexibility index (Phi) is 8.68. The van der Waals surface area contributed by atoms with Gasteiger partial charge in [0.1, 0.15) is 0 Å². The Bertz CT molecular complexity index is 230. The molecule has 106 valence electrons. The number of halogens is 1. The fourth-order valence-corrected chi connectivity index (χ4v) is 2.80. The first-order chi connectivity index (χ1) is 8.72. The van der Waals surface area contributed by atoms with E-state index in [2.05, 4.69) is 33.1 Å². The van der Waals surface area contributed by atoms with Crippen LogP contribution in [0.15, 0.2) is 0 Å². The summed E-state index contributed by atoms with van der Waals surface area (Å²) in [4.78, 5) is 14.1. The summed E-state index contributed by atoms with van der Waals surface area (Å²) in [6, 6.07) is 0. The van der Waals surface area contributed by atoms with Gasteiger partial charge in [-0.3, -0.25) is 4.79 Å². The van der Waals surface area contributed by atoms with Gasteiger partial charge < -0.3 is 10.2 Å². The molecule has 0 saturated carbocycles. The molecule has 4 heteroatoms. The van der Waals surface area contributed by atoms with Crippen LogP contribution in [0.25, 0.3) is 0 Å². The van der Waals surface area contributed by atoms with Crippen LogP contribution in [-0.4, -0.2) is 42.3 Å². The molecule has 0 spiro atoms. The van der Waals surface area contributed by atoms with Crippen LogP contribution in [0.3, 0.4) is 0 Å². The van der Waals surface area contributed by atoms with Gasteiger partial charge in [0.05, 0.1) is 0 Å². The summed E-state index contributed by atoms with van der Waals surface area (Å²) in [6.07, 6.45) is 6.79. The average Bonchev–Trinajstić information content (AvgIpc) is 2.38. The van der Waals surface area contributed by atoms with Crippen LogP contribution in [0.1, 0.15) is 45.4 Å². The second kappa shape index (κ2) is 9.79. The predicted molar refractivity (Wildman–Crippen MR) is 80.1 cm³/mol. The Morgan fingerprint density at radius 2 is 2.00 bits per heavy atom. The van der Waals surface area contributed by atoms with Crippen LogP contribution in [-0.2, 0) is 4.79 Å². The predicted octanol–water partition coefficient (Wildman–Crippen LogP) is 2.79. The maximum atomic E-state index is 11.6. The SMILES string of the molecule is CC(CNC(=O)CCCCBr)CN1CCCCC1. The second-order valence-electron chi connectivity index (χ2n) is 5.42. The molecule has 18 heavy (non-hydrogen) atoms. The molecule has 1 unspecified atom stereocenters. The molecule has 0 aliphatic carbocycles. The van der Waals surface area contributed by atoms with Crippen molar-refractivity contribution in [2.24, 2.45) is 5.92 Å². The molecule has 3 nitrogen and oxygen atoms in total. The Morgan fingerprint density at radius 3 is 2.67 bits per heavy atom. The molecule has 1 atom stereocenters. The Labute approximate surface area is 120 Å². The molecule has 1 amide bonds. The lowest BCUT2D eigenvalue weighted by atomic mass is 10.1. The molecular weight excluding hydrogens is 292 g/mol. The van der Waals surface area contributed by atoms with Crippen molar-refractivity contribution < 1.29 is 4.79 Å². The van der Waals surface area contributed by atoms with E-state index in [4.69, 9.17) is 0 Å². The van der Waals surface area contributed by atoms with E-state index < -0.39 is 0 Å². The third-order valence-electron chi connectivity index (χ3n) is 3.45. The largest absolute Gasteiger partial charge is 0.356 e. The molecule has 1 N–H and O–H groups in total. The van der Waals surface area contributed by atoms with Crippen LogP contribution >= 0.6 is 15.9 Å². The zero-order valence-corrected chi connectivity index (χ0v) is 13.2. The normalized spacial score (nSPS) is 18.6. The number of hydrogen-bond donors (Lipinski definition) is 1. The summed E-state index contributed by atoms with van der Waals surface area (Å²) in [5, 5.41) is 4.04. The van der Waals surface area contributed by atoms with Crippen molar-refractivity contribution >= 4 is 21.8 Å². The fraction of sp³-hybridized carbons (Fsp3) is 0.929. The zero-order chi connectivity index (χ0) is 13.2. The number of carbonyl (C=O) groups excluding carboxylic acids is 1. The zero-order valence-electron chi connectivity index (χ0n) is 11.6. The first-order valence-corrected chi connectivity index (χ1v) is 8.39. The van der Waals surface area contributed by atoms with E-state index in [-0.39, 0.29) is 5.91 Å². The van der Waals surface area contributed by atoms with Gasteiger partial charge in [-0.25, -0.2) is 0 Å². The smallest absolute Gasteiger partial charge is 0.220 e. The number of amides is 1. The van der Waals surface area contributed by atoms with Crippen molar-refractivity contribution in [1.82, 2.24) is 10.2 Å². The van der Waals surface area contributed by atoms with Gasteiger partial charge in [-0.05, 0) is 44.7 Å². The minimum absolute atomic E-state index is 0.210. The van der Waals surface area contributed by atoms with E-state index in [0.29, 0.717) is 12.3 Å². The highest BCUT2D eigenvalue weighted by Crippen LogP contribution is 2.10. The first kappa shape index (κ1) is 16.0. The lowest BCUT2D eigenvalue weighted by Gasteiger charge is -2.29. The van der Waals surface area contributed by atoms with Gasteiger partial charge in [0.25, 0.3) is 0 Å². The molecule has 1 heterocycles. The number of carbonyl (C=O) groups is 1. The van der Waals surface area contributed by atoms with E-state index >= 15 is 0 Å². The molecule has 1 saturated heterocycles. The maximum Gasteiger partial charge on any atom is 0.220 e. The van der Waals surface area contributed by atoms with Gasteiger partial charge in [-0.1, -0.05) is 29.3 Å². The van der Waals surface area contributed by atoms with Crippen LogP contribution in [0.4, 0.5) is 0 Å². The van der Waals surface area contributed by atoms with Gasteiger partial charge in [0.2, 0.25) is 5.91 Å². The highest BCUT2D eigenvalue weighted by molar-refractivity contribution is 9.09. The van der Waals surface area contributed by atoms with Gasteiger partial charge in [0, 0.05) is 24.8 Å². The molecular formula is C14H27BrN2O. The van der Waals surface area contributed by atoms with Crippen molar-refractivity contribution in [3.8, 4) is 0 Å². The number of nitrogens with one attached hydrogen (secondary N) is 1. The minimum atomic E-state index is 0.210. The molecule has 1 rings (SSSR count). The molecule has 1 aliphatic rings. The number of alkyl halides is 1. The van der Waals surface area contributed by atoms with E-state index in [1.54, 1.807) is 0 Å². The summed E-state index contributed by atoms with van der Waals surface area (Å²) >= 11 is 3.38. The van der Waals surface area contributed by atoms with Gasteiger partial charge in [-0.15, -0.1) is 0 Å². The van der Waals surface area contributed by atoms with Crippen LogP contribution in [0.5, 0.6) is 0 Å². The second-order valence-corrected chi connectivity index (χ2v) is 6.21. The monoisotopic (exact) mass is 318 g/mol. The van der Waals surface area contributed by atoms with Crippen molar-refractivity contribution in [2.45, 2.75) is 45.4 Å². The van der Waals surface area contributed by atoms with Crippen molar-refractivity contribution in [3.63, 3.8) is 0 Å². The summed E-state index contributed by atoms with van der Waals surface area (Å²) < 4.78 is 0. The van der Waals surface area contributed by atoms with Gasteiger partial charge in [0.15, 0.2) is 0 Å². The Hall–Kier alpha value is -0.0900. The molecule has 0 aromatic rings. The number of unbranched alkanes of at least 4 members (excludes halogenated alkanes) is 1. The lowest BCUT2D eigenvalue weighted by Crippen LogP contribution is -2.38. The van der Waals surface area contributed by atoms with Crippen molar-refractivity contribution in [3.05, 3.63) is 0 Å². The van der Waals surface area contributed by atoms with Crippen LogP contribution in [0.2, 0.25) is 0 Å². The lowest BCUT2D eigenvalue weighted by molar-refractivity contribution is -0.121. The Morgan fingerprint density at radius 1 is 1.28 bits per heavy atom. The number of hydrogen-bond acceptors (Lipinski definition) is 2. The highest BCUT2D eigenvalue weighted by Gasteiger charge is 2.13. The molecule has 1 fully saturated rings.